The minimum absolute atomic E-state index is 0.254. The molecule has 31 heavy (non-hydrogen) atoms. The number of benzene rings is 2. The maximum Gasteiger partial charge on any atom is 0.276 e. The molecule has 0 heterocycles. The predicted octanol–water partition coefficient (Wildman–Crippen LogP) is 2.21. The van der Waals surface area contributed by atoms with E-state index in [0.717, 1.165) is 0 Å². The van der Waals surface area contributed by atoms with E-state index in [2.05, 4.69) is 16.2 Å². The Morgan fingerprint density at radius 2 is 1.65 bits per heavy atom. The zero-order chi connectivity index (χ0) is 22.8. The number of ether oxygens (including phenoxy) is 2. The first-order valence-corrected chi connectivity index (χ1v) is 9.81. The fourth-order valence-corrected chi connectivity index (χ4v) is 2.61. The van der Waals surface area contributed by atoms with Gasteiger partial charge in [-0.2, -0.15) is 0 Å². The second kappa shape index (κ2) is 11.5. The van der Waals surface area contributed by atoms with Crippen LogP contribution in [0.4, 0.5) is 4.39 Å². The summed E-state index contributed by atoms with van der Waals surface area (Å²) in [6, 6.07) is 11.0. The molecule has 1 unspecified atom stereocenters. The summed E-state index contributed by atoms with van der Waals surface area (Å²) in [5.41, 5.74) is 4.82. The Hall–Kier alpha value is -3.62. The van der Waals surface area contributed by atoms with Crippen LogP contribution in [0, 0.1) is 11.7 Å². The standard InChI is InChI=1S/C22H26FN3O5/c1-4-30-18-8-6-5-7-17(18)21(28)24-20(14(2)3)22(29)26-25-19(27)13-31-16-11-9-15(23)10-12-16/h5-12,14,20H,4,13H2,1-3H3,(H,24,28)(H,25,27)(H,26,29). The molecule has 0 aliphatic rings. The van der Waals surface area contributed by atoms with Crippen molar-refractivity contribution >= 4 is 17.7 Å². The minimum Gasteiger partial charge on any atom is -0.493 e. The first kappa shape index (κ1) is 23.7. The summed E-state index contributed by atoms with van der Waals surface area (Å²) < 4.78 is 23.5. The number of rotatable bonds is 9. The van der Waals surface area contributed by atoms with Gasteiger partial charge in [0.25, 0.3) is 17.7 Å². The molecule has 1 atom stereocenters. The van der Waals surface area contributed by atoms with E-state index >= 15 is 0 Å². The van der Waals surface area contributed by atoms with Gasteiger partial charge in [-0.15, -0.1) is 0 Å². The van der Waals surface area contributed by atoms with Crippen LogP contribution in [0.25, 0.3) is 0 Å². The molecule has 8 nitrogen and oxygen atoms in total. The highest BCUT2D eigenvalue weighted by atomic mass is 19.1. The summed E-state index contributed by atoms with van der Waals surface area (Å²) in [6.45, 7) is 5.34. The van der Waals surface area contributed by atoms with Gasteiger partial charge in [0.05, 0.1) is 12.2 Å². The van der Waals surface area contributed by atoms with E-state index < -0.39 is 29.6 Å². The largest absolute Gasteiger partial charge is 0.493 e. The molecule has 0 radical (unpaired) electrons. The van der Waals surface area contributed by atoms with Gasteiger partial charge in [-0.25, -0.2) is 4.39 Å². The van der Waals surface area contributed by atoms with Gasteiger partial charge in [-0.1, -0.05) is 26.0 Å². The van der Waals surface area contributed by atoms with Crippen LogP contribution in [-0.2, 0) is 9.59 Å². The minimum atomic E-state index is -0.902. The van der Waals surface area contributed by atoms with Crippen molar-refractivity contribution in [2.45, 2.75) is 26.8 Å². The average molecular weight is 431 g/mol. The molecule has 0 aromatic heterocycles. The highest BCUT2D eigenvalue weighted by molar-refractivity contribution is 5.99. The van der Waals surface area contributed by atoms with E-state index in [1.54, 1.807) is 38.1 Å². The number of carbonyl (C=O) groups is 3. The Balaban J connectivity index is 1.90. The van der Waals surface area contributed by atoms with Crippen LogP contribution in [0.1, 0.15) is 31.1 Å². The molecule has 0 aliphatic heterocycles. The molecular weight excluding hydrogens is 405 g/mol. The van der Waals surface area contributed by atoms with Crippen LogP contribution in [0.5, 0.6) is 11.5 Å². The van der Waals surface area contributed by atoms with Crippen LogP contribution in [-0.4, -0.2) is 37.0 Å². The van der Waals surface area contributed by atoms with Crippen LogP contribution in [0.15, 0.2) is 48.5 Å². The smallest absolute Gasteiger partial charge is 0.276 e. The van der Waals surface area contributed by atoms with Crippen molar-refractivity contribution in [3.8, 4) is 11.5 Å². The fraction of sp³-hybridized carbons (Fsp3) is 0.318. The molecule has 166 valence electrons. The molecule has 0 bridgehead atoms. The van der Waals surface area contributed by atoms with Crippen molar-refractivity contribution in [3.05, 3.63) is 59.9 Å². The van der Waals surface area contributed by atoms with Crippen LogP contribution >= 0.6 is 0 Å². The third-order valence-corrected chi connectivity index (χ3v) is 4.18. The van der Waals surface area contributed by atoms with Gasteiger partial charge in [0.1, 0.15) is 23.4 Å². The molecule has 9 heteroatoms. The lowest BCUT2D eigenvalue weighted by Crippen LogP contribution is -2.55. The molecule has 3 amide bonds. The van der Waals surface area contributed by atoms with Crippen LogP contribution in [0.3, 0.4) is 0 Å². The van der Waals surface area contributed by atoms with Gasteiger partial charge in [0, 0.05) is 0 Å². The maximum atomic E-state index is 12.9. The van der Waals surface area contributed by atoms with Gasteiger partial charge in [-0.05, 0) is 49.2 Å². The molecule has 0 saturated heterocycles. The van der Waals surface area contributed by atoms with Crippen molar-refractivity contribution in [1.29, 1.82) is 0 Å². The summed E-state index contributed by atoms with van der Waals surface area (Å²) in [7, 11) is 0. The zero-order valence-corrected chi connectivity index (χ0v) is 17.6. The van der Waals surface area contributed by atoms with E-state index in [-0.39, 0.29) is 12.5 Å². The lowest BCUT2D eigenvalue weighted by Gasteiger charge is -2.22. The number of hydrogen-bond donors (Lipinski definition) is 3. The number of para-hydroxylation sites is 1. The SMILES string of the molecule is CCOc1ccccc1C(=O)NC(C(=O)NNC(=O)COc1ccc(F)cc1)C(C)C. The third-order valence-electron chi connectivity index (χ3n) is 4.18. The topological polar surface area (TPSA) is 106 Å². The van der Waals surface area contributed by atoms with E-state index in [9.17, 15) is 18.8 Å². The van der Waals surface area contributed by atoms with Gasteiger partial charge in [0.2, 0.25) is 0 Å². The fourth-order valence-electron chi connectivity index (χ4n) is 2.61. The number of halogens is 1. The molecule has 2 rings (SSSR count). The van der Waals surface area contributed by atoms with Gasteiger partial charge >= 0.3 is 0 Å². The van der Waals surface area contributed by atoms with Crippen molar-refractivity contribution in [2.24, 2.45) is 5.92 Å². The first-order valence-electron chi connectivity index (χ1n) is 9.81. The lowest BCUT2D eigenvalue weighted by molar-refractivity contribution is -0.131. The Labute approximate surface area is 180 Å². The summed E-state index contributed by atoms with van der Waals surface area (Å²) in [6.07, 6.45) is 0. The molecule has 2 aromatic rings. The van der Waals surface area contributed by atoms with E-state index in [4.69, 9.17) is 9.47 Å². The molecule has 0 spiro atoms. The van der Waals surface area contributed by atoms with E-state index in [1.807, 2.05) is 6.92 Å². The quantitative estimate of drug-likeness (QED) is 0.528. The number of nitrogens with one attached hydrogen (secondary N) is 3. The highest BCUT2D eigenvalue weighted by Crippen LogP contribution is 2.18. The Kier molecular flexibility index (Phi) is 8.80. The molecule has 0 aliphatic carbocycles. The second-order valence-corrected chi connectivity index (χ2v) is 6.90. The van der Waals surface area contributed by atoms with Crippen molar-refractivity contribution < 1.29 is 28.2 Å². The second-order valence-electron chi connectivity index (χ2n) is 6.90. The maximum absolute atomic E-state index is 12.9. The lowest BCUT2D eigenvalue weighted by atomic mass is 10.0. The predicted molar refractivity (Wildman–Crippen MR) is 112 cm³/mol. The molecular formula is C22H26FN3O5. The Bertz CT molecular complexity index is 902. The number of hydrazine groups is 1. The summed E-state index contributed by atoms with van der Waals surface area (Å²) in [4.78, 5) is 37.1. The first-order chi connectivity index (χ1) is 14.8. The van der Waals surface area contributed by atoms with Crippen LogP contribution < -0.4 is 25.6 Å². The molecule has 3 N–H and O–H groups in total. The molecule has 0 saturated carbocycles. The van der Waals surface area contributed by atoms with Crippen molar-refractivity contribution in [1.82, 2.24) is 16.2 Å². The van der Waals surface area contributed by atoms with Gasteiger partial charge in [-0.3, -0.25) is 25.2 Å². The summed E-state index contributed by atoms with van der Waals surface area (Å²) in [5.74, 6) is -1.63. The van der Waals surface area contributed by atoms with Crippen molar-refractivity contribution in [2.75, 3.05) is 13.2 Å². The number of amides is 3. The zero-order valence-electron chi connectivity index (χ0n) is 17.6. The van der Waals surface area contributed by atoms with Crippen LogP contribution in [0.2, 0.25) is 0 Å². The van der Waals surface area contributed by atoms with Gasteiger partial charge in [0.15, 0.2) is 6.61 Å². The molecule has 2 aromatic carbocycles. The van der Waals surface area contributed by atoms with Gasteiger partial charge < -0.3 is 14.8 Å². The summed E-state index contributed by atoms with van der Waals surface area (Å²) >= 11 is 0. The normalized spacial score (nSPS) is 11.4. The Morgan fingerprint density at radius 3 is 2.29 bits per heavy atom. The number of carbonyl (C=O) groups excluding carboxylic acids is 3. The van der Waals surface area contributed by atoms with E-state index in [1.165, 1.54) is 24.3 Å². The third kappa shape index (κ3) is 7.29. The summed E-state index contributed by atoms with van der Waals surface area (Å²) in [5, 5.41) is 2.67. The average Bonchev–Trinajstić information content (AvgIpc) is 2.75. The Morgan fingerprint density at radius 1 is 0.968 bits per heavy atom. The van der Waals surface area contributed by atoms with E-state index in [0.29, 0.717) is 23.7 Å². The molecule has 0 fully saturated rings. The number of hydrogen-bond acceptors (Lipinski definition) is 5. The monoisotopic (exact) mass is 431 g/mol. The highest BCUT2D eigenvalue weighted by Gasteiger charge is 2.26. The van der Waals surface area contributed by atoms with Crippen molar-refractivity contribution in [3.63, 3.8) is 0 Å².